The Balaban J connectivity index is 1.88. The summed E-state index contributed by atoms with van der Waals surface area (Å²) in [4.78, 5) is 16.1. The Morgan fingerprint density at radius 1 is 1.45 bits per heavy atom. The van der Waals surface area contributed by atoms with Gasteiger partial charge in [0.25, 0.3) is 0 Å². The van der Waals surface area contributed by atoms with Crippen LogP contribution in [0.15, 0.2) is 24.5 Å². The van der Waals surface area contributed by atoms with Crippen molar-refractivity contribution in [3.05, 3.63) is 35.9 Å². The number of fused-ring (bicyclic) bond motifs is 1. The van der Waals surface area contributed by atoms with Crippen molar-refractivity contribution >= 4 is 11.5 Å². The fraction of sp³-hybridized carbons (Fsp3) is 0.467. The van der Waals surface area contributed by atoms with E-state index in [1.165, 1.54) is 20.0 Å². The Bertz CT molecular complexity index is 615. The second-order valence-electron chi connectivity index (χ2n) is 5.28. The van der Waals surface area contributed by atoms with Gasteiger partial charge >= 0.3 is 5.97 Å². The minimum Gasteiger partial charge on any atom is -0.465 e. The van der Waals surface area contributed by atoms with Crippen LogP contribution in [0.25, 0.3) is 5.52 Å². The van der Waals surface area contributed by atoms with E-state index in [1.807, 2.05) is 22.9 Å². The topological polar surface area (TPSA) is 55.6 Å². The van der Waals surface area contributed by atoms with E-state index in [9.17, 15) is 4.79 Å². The molecule has 5 nitrogen and oxygen atoms in total. The fourth-order valence-electron chi connectivity index (χ4n) is 2.78. The van der Waals surface area contributed by atoms with Gasteiger partial charge in [-0.05, 0) is 44.0 Å². The van der Waals surface area contributed by atoms with Gasteiger partial charge < -0.3 is 14.5 Å². The minimum absolute atomic E-state index is 0.312. The van der Waals surface area contributed by atoms with E-state index in [2.05, 4.69) is 10.3 Å². The maximum atomic E-state index is 11.6. The van der Waals surface area contributed by atoms with Gasteiger partial charge in [0.15, 0.2) is 0 Å². The summed E-state index contributed by atoms with van der Waals surface area (Å²) in [7, 11) is 1.40. The predicted octanol–water partition coefficient (Wildman–Crippen LogP) is 1.66. The average Bonchev–Trinajstić information content (AvgIpc) is 2.90. The Kier molecular flexibility index (Phi) is 3.69. The monoisotopic (exact) mass is 273 g/mol. The summed E-state index contributed by atoms with van der Waals surface area (Å²) in [5.41, 5.74) is 1.58. The van der Waals surface area contributed by atoms with Crippen molar-refractivity contribution in [2.24, 2.45) is 5.92 Å². The normalized spacial score (nSPS) is 16.4. The average molecular weight is 273 g/mol. The van der Waals surface area contributed by atoms with Crippen molar-refractivity contribution in [3.8, 4) is 0 Å². The van der Waals surface area contributed by atoms with Crippen molar-refractivity contribution in [1.82, 2.24) is 14.7 Å². The number of carbonyl (C=O) groups is 1. The van der Waals surface area contributed by atoms with Gasteiger partial charge in [-0.1, -0.05) is 0 Å². The molecule has 0 spiro atoms. The first-order valence-corrected chi connectivity index (χ1v) is 7.03. The van der Waals surface area contributed by atoms with E-state index in [4.69, 9.17) is 4.74 Å². The first-order valence-electron chi connectivity index (χ1n) is 7.03. The van der Waals surface area contributed by atoms with Crippen LogP contribution in [-0.4, -0.2) is 35.6 Å². The molecule has 1 N–H and O–H groups in total. The summed E-state index contributed by atoms with van der Waals surface area (Å²) < 4.78 is 6.78. The Morgan fingerprint density at radius 3 is 3.00 bits per heavy atom. The molecule has 0 radical (unpaired) electrons. The third-order valence-corrected chi connectivity index (χ3v) is 3.96. The van der Waals surface area contributed by atoms with E-state index < -0.39 is 0 Å². The molecular formula is C15H19N3O2. The van der Waals surface area contributed by atoms with Crippen molar-refractivity contribution < 1.29 is 9.53 Å². The lowest BCUT2D eigenvalue weighted by Gasteiger charge is -2.21. The third-order valence-electron chi connectivity index (χ3n) is 3.96. The summed E-state index contributed by atoms with van der Waals surface area (Å²) in [6, 6.07) is 3.68. The molecular weight excluding hydrogens is 254 g/mol. The maximum Gasteiger partial charge on any atom is 0.339 e. The summed E-state index contributed by atoms with van der Waals surface area (Å²) in [6.07, 6.45) is 7.01. The number of ether oxygens (including phenoxy) is 1. The summed E-state index contributed by atoms with van der Waals surface area (Å²) in [5.74, 6) is 1.38. The second-order valence-corrected chi connectivity index (χ2v) is 5.28. The number of methoxy groups -OCH3 is 1. The van der Waals surface area contributed by atoms with Crippen LogP contribution in [0.1, 0.15) is 29.0 Å². The lowest BCUT2D eigenvalue weighted by Crippen LogP contribution is -2.29. The first-order chi connectivity index (χ1) is 9.78. The Morgan fingerprint density at radius 2 is 2.25 bits per heavy atom. The lowest BCUT2D eigenvalue weighted by atomic mass is 9.94. The van der Waals surface area contributed by atoms with Gasteiger partial charge in [0, 0.05) is 12.6 Å². The molecule has 1 aliphatic heterocycles. The second kappa shape index (κ2) is 5.63. The van der Waals surface area contributed by atoms with Crippen molar-refractivity contribution in [2.75, 3.05) is 20.2 Å². The van der Waals surface area contributed by atoms with Crippen LogP contribution in [0.3, 0.4) is 0 Å². The summed E-state index contributed by atoms with van der Waals surface area (Å²) >= 11 is 0. The summed E-state index contributed by atoms with van der Waals surface area (Å²) in [5, 5.41) is 3.37. The highest BCUT2D eigenvalue weighted by Gasteiger charge is 2.17. The highest BCUT2D eigenvalue weighted by Crippen LogP contribution is 2.19. The molecule has 0 amide bonds. The molecule has 3 rings (SSSR count). The van der Waals surface area contributed by atoms with Gasteiger partial charge in [-0.15, -0.1) is 0 Å². The number of pyridine rings is 1. The predicted molar refractivity (Wildman–Crippen MR) is 75.8 cm³/mol. The van der Waals surface area contributed by atoms with E-state index in [0.29, 0.717) is 11.5 Å². The van der Waals surface area contributed by atoms with Crippen LogP contribution in [0.4, 0.5) is 0 Å². The molecule has 0 saturated carbocycles. The van der Waals surface area contributed by atoms with Crippen molar-refractivity contribution in [3.63, 3.8) is 0 Å². The number of hydrogen-bond donors (Lipinski definition) is 1. The zero-order chi connectivity index (χ0) is 13.9. The smallest absolute Gasteiger partial charge is 0.339 e. The number of nitrogens with one attached hydrogen (secondary N) is 1. The lowest BCUT2D eigenvalue weighted by molar-refractivity contribution is 0.0600. The molecule has 0 unspecified atom stereocenters. The summed E-state index contributed by atoms with van der Waals surface area (Å²) in [6.45, 7) is 2.17. The number of piperidine rings is 1. The van der Waals surface area contributed by atoms with E-state index >= 15 is 0 Å². The molecule has 5 heteroatoms. The Hall–Kier alpha value is -1.88. The molecule has 106 valence electrons. The van der Waals surface area contributed by atoms with Gasteiger partial charge in [-0.2, -0.15) is 0 Å². The molecule has 0 bridgehead atoms. The molecule has 20 heavy (non-hydrogen) atoms. The highest BCUT2D eigenvalue weighted by molar-refractivity contribution is 5.89. The van der Waals surface area contributed by atoms with Crippen LogP contribution in [0, 0.1) is 5.92 Å². The van der Waals surface area contributed by atoms with Crippen LogP contribution in [-0.2, 0) is 11.2 Å². The first kappa shape index (κ1) is 13.1. The minimum atomic E-state index is -0.312. The molecule has 2 aromatic rings. The maximum absolute atomic E-state index is 11.6. The number of esters is 1. The zero-order valence-corrected chi connectivity index (χ0v) is 11.6. The molecule has 1 saturated heterocycles. The van der Waals surface area contributed by atoms with Crippen LogP contribution in [0.2, 0.25) is 0 Å². The fourth-order valence-corrected chi connectivity index (χ4v) is 2.78. The van der Waals surface area contributed by atoms with E-state index in [0.717, 1.165) is 30.9 Å². The number of rotatable bonds is 3. The van der Waals surface area contributed by atoms with E-state index in [-0.39, 0.29) is 5.97 Å². The number of nitrogens with zero attached hydrogens (tertiary/aromatic N) is 2. The number of imidazole rings is 1. The van der Waals surface area contributed by atoms with Gasteiger partial charge in [0.2, 0.25) is 0 Å². The molecule has 1 fully saturated rings. The third kappa shape index (κ3) is 2.54. The van der Waals surface area contributed by atoms with Crippen LogP contribution >= 0.6 is 0 Å². The van der Waals surface area contributed by atoms with Gasteiger partial charge in [-0.3, -0.25) is 0 Å². The van der Waals surface area contributed by atoms with Gasteiger partial charge in [-0.25, -0.2) is 9.78 Å². The molecule has 0 atom stereocenters. The quantitative estimate of drug-likeness (QED) is 0.864. The van der Waals surface area contributed by atoms with Crippen LogP contribution in [0.5, 0.6) is 0 Å². The number of aromatic nitrogens is 2. The van der Waals surface area contributed by atoms with Crippen molar-refractivity contribution in [2.45, 2.75) is 19.3 Å². The van der Waals surface area contributed by atoms with Gasteiger partial charge in [0.1, 0.15) is 5.82 Å². The molecule has 1 aliphatic rings. The van der Waals surface area contributed by atoms with Crippen LogP contribution < -0.4 is 5.32 Å². The SMILES string of the molecule is COC(=O)c1ccc2cnc(CC3CCNCC3)n2c1. The zero-order valence-electron chi connectivity index (χ0n) is 11.6. The van der Waals surface area contributed by atoms with Gasteiger partial charge in [0.05, 0.1) is 24.4 Å². The van der Waals surface area contributed by atoms with E-state index in [1.54, 1.807) is 6.07 Å². The largest absolute Gasteiger partial charge is 0.465 e. The Labute approximate surface area is 118 Å². The number of carbonyl (C=O) groups excluding carboxylic acids is 1. The van der Waals surface area contributed by atoms with Crippen molar-refractivity contribution in [1.29, 1.82) is 0 Å². The molecule has 3 heterocycles. The highest BCUT2D eigenvalue weighted by atomic mass is 16.5. The number of hydrogen-bond acceptors (Lipinski definition) is 4. The standard InChI is InChI=1S/C15H19N3O2/c1-20-15(19)12-2-3-13-9-17-14(18(13)10-12)8-11-4-6-16-7-5-11/h2-3,9-11,16H,4-8H2,1H3. The molecule has 0 aliphatic carbocycles. The molecule has 0 aromatic carbocycles. The molecule has 2 aromatic heterocycles.